The van der Waals surface area contributed by atoms with Crippen molar-refractivity contribution in [1.82, 2.24) is 4.31 Å². The van der Waals surface area contributed by atoms with Gasteiger partial charge in [-0.15, -0.1) is 0 Å². The Bertz CT molecular complexity index is 1100. The zero-order chi connectivity index (χ0) is 22.2. The van der Waals surface area contributed by atoms with E-state index in [4.69, 9.17) is 9.47 Å². The summed E-state index contributed by atoms with van der Waals surface area (Å²) >= 11 is 3.48. The minimum atomic E-state index is -3.57. The molecule has 7 nitrogen and oxygen atoms in total. The number of benzene rings is 2. The van der Waals surface area contributed by atoms with Gasteiger partial charge < -0.3 is 14.4 Å². The van der Waals surface area contributed by atoms with Crippen molar-refractivity contribution in [2.45, 2.75) is 31.2 Å². The molecule has 0 saturated carbocycles. The van der Waals surface area contributed by atoms with E-state index in [1.807, 2.05) is 25.1 Å². The first-order valence-electron chi connectivity index (χ1n) is 10.2. The predicted molar refractivity (Wildman–Crippen MR) is 121 cm³/mol. The molecular weight excluding hydrogens is 484 g/mol. The highest BCUT2D eigenvalue weighted by atomic mass is 79.9. The minimum Gasteiger partial charge on any atom is -0.483 e. The van der Waals surface area contributed by atoms with E-state index >= 15 is 0 Å². The quantitative estimate of drug-likeness (QED) is 0.619. The van der Waals surface area contributed by atoms with Gasteiger partial charge in [0.05, 0.1) is 18.1 Å². The fourth-order valence-corrected chi connectivity index (χ4v) is 5.97. The van der Waals surface area contributed by atoms with Gasteiger partial charge in [0, 0.05) is 29.3 Å². The maximum absolute atomic E-state index is 12.9. The van der Waals surface area contributed by atoms with Crippen LogP contribution in [0.15, 0.2) is 45.8 Å². The average molecular weight is 509 g/mol. The number of aryl methyl sites for hydroxylation is 1. The molecule has 0 unspecified atom stereocenters. The summed E-state index contributed by atoms with van der Waals surface area (Å²) in [5.74, 6) is 0.371. The first kappa shape index (κ1) is 22.3. The number of amides is 1. The summed E-state index contributed by atoms with van der Waals surface area (Å²) in [4.78, 5) is 14.9. The lowest BCUT2D eigenvalue weighted by Gasteiger charge is -2.26. The Kier molecular flexibility index (Phi) is 6.39. The molecule has 0 spiro atoms. The van der Waals surface area contributed by atoms with Gasteiger partial charge in [0.1, 0.15) is 5.75 Å². The molecule has 31 heavy (non-hydrogen) atoms. The van der Waals surface area contributed by atoms with Gasteiger partial charge in [0.25, 0.3) is 5.91 Å². The van der Waals surface area contributed by atoms with Crippen molar-refractivity contribution in [1.29, 1.82) is 0 Å². The second-order valence-electron chi connectivity index (χ2n) is 7.82. The minimum absolute atomic E-state index is 0.0579. The van der Waals surface area contributed by atoms with Crippen LogP contribution in [0.4, 0.5) is 5.69 Å². The van der Waals surface area contributed by atoms with E-state index in [2.05, 4.69) is 15.9 Å². The van der Waals surface area contributed by atoms with E-state index in [1.165, 1.54) is 10.4 Å². The smallest absolute Gasteiger partial charge is 0.265 e. The third-order valence-electron chi connectivity index (χ3n) is 5.63. The average Bonchev–Trinajstić information content (AvgIpc) is 3.08. The summed E-state index contributed by atoms with van der Waals surface area (Å²) in [6.07, 6.45) is 0.799. The molecule has 9 heteroatoms. The van der Waals surface area contributed by atoms with Crippen molar-refractivity contribution in [3.63, 3.8) is 0 Å². The number of ether oxygens (including phenoxy) is 2. The van der Waals surface area contributed by atoms with Gasteiger partial charge in [0.15, 0.2) is 6.61 Å². The van der Waals surface area contributed by atoms with Crippen LogP contribution in [0.25, 0.3) is 0 Å². The van der Waals surface area contributed by atoms with Gasteiger partial charge in [-0.25, -0.2) is 8.42 Å². The molecule has 1 amide bonds. The SMILES string of the molecule is Cc1cc(S(=O)(=O)N2CCOCC2)ccc1OCC(=O)N1c2ccc(Br)cc2C[C@@H]1C. The third-order valence-corrected chi connectivity index (χ3v) is 8.02. The highest BCUT2D eigenvalue weighted by Crippen LogP contribution is 2.34. The number of carbonyl (C=O) groups excluding carboxylic acids is 1. The molecule has 4 rings (SSSR count). The van der Waals surface area contributed by atoms with Crippen LogP contribution in [0.1, 0.15) is 18.1 Å². The molecule has 2 aliphatic rings. The molecule has 1 fully saturated rings. The predicted octanol–water partition coefficient (Wildman–Crippen LogP) is 3.14. The number of hydrogen-bond acceptors (Lipinski definition) is 5. The molecule has 2 aromatic carbocycles. The van der Waals surface area contributed by atoms with E-state index in [0.717, 1.165) is 22.1 Å². The Balaban J connectivity index is 1.45. The molecule has 2 aliphatic heterocycles. The number of halogens is 1. The number of morpholine rings is 1. The Morgan fingerprint density at radius 1 is 1.19 bits per heavy atom. The molecule has 1 atom stereocenters. The van der Waals surface area contributed by atoms with Gasteiger partial charge in [-0.1, -0.05) is 15.9 Å². The Hall–Kier alpha value is -1.94. The van der Waals surface area contributed by atoms with Crippen molar-refractivity contribution < 1.29 is 22.7 Å². The Morgan fingerprint density at radius 3 is 2.65 bits per heavy atom. The van der Waals surface area contributed by atoms with Gasteiger partial charge >= 0.3 is 0 Å². The van der Waals surface area contributed by atoms with E-state index in [1.54, 1.807) is 24.0 Å². The van der Waals surface area contributed by atoms with Crippen LogP contribution >= 0.6 is 15.9 Å². The molecule has 2 heterocycles. The fraction of sp³-hybridized carbons (Fsp3) is 0.409. The standard InChI is InChI=1S/C22H25BrN2O5S/c1-15-11-19(31(27,28)24-7-9-29-10-8-24)4-6-21(15)30-14-22(26)25-16(2)12-17-13-18(23)3-5-20(17)25/h3-6,11,13,16H,7-10,12,14H2,1-2H3/t16-/m0/s1. The number of anilines is 1. The number of hydrogen-bond donors (Lipinski definition) is 0. The molecule has 0 aromatic heterocycles. The molecule has 166 valence electrons. The number of fused-ring (bicyclic) bond motifs is 1. The van der Waals surface area contributed by atoms with E-state index in [9.17, 15) is 13.2 Å². The summed E-state index contributed by atoms with van der Waals surface area (Å²) in [7, 11) is -3.57. The fourth-order valence-electron chi connectivity index (χ4n) is 4.07. The second kappa shape index (κ2) is 8.90. The lowest BCUT2D eigenvalue weighted by molar-refractivity contribution is -0.120. The molecule has 0 radical (unpaired) electrons. The maximum atomic E-state index is 12.9. The van der Waals surface area contributed by atoms with Gasteiger partial charge in [0.2, 0.25) is 10.0 Å². The van der Waals surface area contributed by atoms with Crippen LogP contribution in [0, 0.1) is 6.92 Å². The van der Waals surface area contributed by atoms with E-state index in [0.29, 0.717) is 37.6 Å². The summed E-state index contributed by atoms with van der Waals surface area (Å²) < 4.78 is 39.1. The topological polar surface area (TPSA) is 76.1 Å². The second-order valence-corrected chi connectivity index (χ2v) is 10.7. The number of nitrogens with zero attached hydrogens (tertiary/aromatic N) is 2. The summed E-state index contributed by atoms with van der Waals surface area (Å²) in [6, 6.07) is 10.7. The van der Waals surface area contributed by atoms with Crippen LogP contribution in [-0.2, 0) is 26.0 Å². The number of carbonyl (C=O) groups is 1. The van der Waals surface area contributed by atoms with Crippen molar-refractivity contribution in [2.24, 2.45) is 0 Å². The molecular formula is C22H25BrN2O5S. The zero-order valence-electron chi connectivity index (χ0n) is 17.5. The highest BCUT2D eigenvalue weighted by Gasteiger charge is 2.31. The lowest BCUT2D eigenvalue weighted by Crippen LogP contribution is -2.40. The van der Waals surface area contributed by atoms with Gasteiger partial charge in [-0.3, -0.25) is 4.79 Å². The number of rotatable bonds is 5. The van der Waals surface area contributed by atoms with Crippen molar-refractivity contribution in [3.8, 4) is 5.75 Å². The zero-order valence-corrected chi connectivity index (χ0v) is 19.9. The lowest BCUT2D eigenvalue weighted by atomic mass is 10.1. The monoisotopic (exact) mass is 508 g/mol. The largest absolute Gasteiger partial charge is 0.483 e. The van der Waals surface area contributed by atoms with Gasteiger partial charge in [-0.05, 0) is 67.8 Å². The van der Waals surface area contributed by atoms with Gasteiger partial charge in [-0.2, -0.15) is 4.31 Å². The first-order chi connectivity index (χ1) is 14.8. The van der Waals surface area contributed by atoms with Crippen LogP contribution in [0.5, 0.6) is 5.75 Å². The van der Waals surface area contributed by atoms with E-state index in [-0.39, 0.29) is 23.5 Å². The van der Waals surface area contributed by atoms with Crippen LogP contribution in [-0.4, -0.2) is 57.6 Å². The Morgan fingerprint density at radius 2 is 1.94 bits per heavy atom. The Labute approximate surface area is 191 Å². The molecule has 2 aromatic rings. The van der Waals surface area contributed by atoms with Crippen LogP contribution in [0.2, 0.25) is 0 Å². The molecule has 0 N–H and O–H groups in total. The molecule has 0 aliphatic carbocycles. The normalized spacial score (nSPS) is 19.3. The third kappa shape index (κ3) is 4.50. The van der Waals surface area contributed by atoms with Crippen molar-refractivity contribution >= 4 is 37.5 Å². The van der Waals surface area contributed by atoms with Crippen LogP contribution in [0.3, 0.4) is 0 Å². The summed E-state index contributed by atoms with van der Waals surface area (Å²) in [6.45, 7) is 5.18. The number of sulfonamides is 1. The first-order valence-corrected chi connectivity index (χ1v) is 12.4. The van der Waals surface area contributed by atoms with Crippen molar-refractivity contribution in [2.75, 3.05) is 37.8 Å². The van der Waals surface area contributed by atoms with E-state index < -0.39 is 10.0 Å². The highest BCUT2D eigenvalue weighted by molar-refractivity contribution is 9.10. The molecule has 1 saturated heterocycles. The summed E-state index contributed by atoms with van der Waals surface area (Å²) in [5.41, 5.74) is 2.71. The summed E-state index contributed by atoms with van der Waals surface area (Å²) in [5, 5.41) is 0. The van der Waals surface area contributed by atoms with Crippen molar-refractivity contribution in [3.05, 3.63) is 52.0 Å². The maximum Gasteiger partial charge on any atom is 0.265 e. The van der Waals surface area contributed by atoms with Crippen LogP contribution < -0.4 is 9.64 Å². The molecule has 0 bridgehead atoms.